The molecule has 2 unspecified atom stereocenters. The molecule has 0 spiro atoms. The summed E-state index contributed by atoms with van der Waals surface area (Å²) >= 11 is 0. The summed E-state index contributed by atoms with van der Waals surface area (Å²) in [6, 6.07) is -0.548. The van der Waals surface area contributed by atoms with E-state index in [0.717, 1.165) is 44.9 Å². The third-order valence-corrected chi connectivity index (χ3v) is 15.5. The molecule has 6 heteroatoms. The van der Waals surface area contributed by atoms with E-state index in [2.05, 4.69) is 43.5 Å². The first-order valence-electron chi connectivity index (χ1n) is 33.1. The monoisotopic (exact) mass is 1030 g/mol. The number of allylic oxidation sites excluding steroid dienone is 4. The van der Waals surface area contributed by atoms with Crippen molar-refractivity contribution in [2.45, 2.75) is 379 Å². The van der Waals surface area contributed by atoms with Crippen molar-refractivity contribution in [3.8, 4) is 0 Å². The number of aliphatic hydroxyl groups is 2. The number of hydrogen-bond acceptors (Lipinski definition) is 5. The quantitative estimate of drug-likeness (QED) is 0.0320. The number of rotatable bonds is 62. The summed E-state index contributed by atoms with van der Waals surface area (Å²) in [7, 11) is 0. The number of carbonyl (C=O) groups is 2. The molecule has 0 aliphatic heterocycles. The topological polar surface area (TPSA) is 95.9 Å². The number of amides is 1. The normalized spacial score (nSPS) is 12.7. The molecule has 0 aliphatic carbocycles. The van der Waals surface area contributed by atoms with Crippen molar-refractivity contribution in [1.29, 1.82) is 0 Å². The summed E-state index contributed by atoms with van der Waals surface area (Å²) in [6.07, 6.45) is 77.7. The zero-order valence-corrected chi connectivity index (χ0v) is 49.4. The molecule has 1 amide bonds. The minimum Gasteiger partial charge on any atom is -0.466 e. The number of carbonyl (C=O) groups excluding carboxylic acids is 2. The van der Waals surface area contributed by atoms with E-state index < -0.39 is 12.1 Å². The second-order valence-electron chi connectivity index (χ2n) is 22.8. The maximum absolute atomic E-state index is 12.5. The molecule has 0 aliphatic rings. The molecule has 0 rings (SSSR count). The summed E-state index contributed by atoms with van der Waals surface area (Å²) in [5.41, 5.74) is 0. The second kappa shape index (κ2) is 62.9. The SMILES string of the molecule is CCCCC/C=C\CCCCCCCC(=O)OCCCCCCCCCCCCC/C=C\CCCCCCCCCC(=O)NC(CO)C(O)CCCCCCCCCCCCCCCCCCCCCCCC. The lowest BCUT2D eigenvalue weighted by Gasteiger charge is -2.22. The van der Waals surface area contributed by atoms with Gasteiger partial charge in [-0.25, -0.2) is 0 Å². The van der Waals surface area contributed by atoms with Crippen molar-refractivity contribution in [2.75, 3.05) is 13.2 Å². The van der Waals surface area contributed by atoms with Gasteiger partial charge in [0.25, 0.3) is 0 Å². The summed E-state index contributed by atoms with van der Waals surface area (Å²) in [5.74, 6) is -0.0377. The first kappa shape index (κ1) is 71.3. The molecule has 0 aromatic carbocycles. The fourth-order valence-corrected chi connectivity index (χ4v) is 10.4. The Kier molecular flexibility index (Phi) is 61.4. The van der Waals surface area contributed by atoms with Crippen LogP contribution < -0.4 is 5.32 Å². The van der Waals surface area contributed by atoms with E-state index >= 15 is 0 Å². The Balaban J connectivity index is 3.42. The number of unbranched alkanes of at least 4 members (excludes halogenated alkanes) is 47. The van der Waals surface area contributed by atoms with Gasteiger partial charge in [-0.2, -0.15) is 0 Å². The number of aliphatic hydroxyl groups excluding tert-OH is 2. The Morgan fingerprint density at radius 3 is 1.00 bits per heavy atom. The highest BCUT2D eigenvalue weighted by atomic mass is 16.5. The van der Waals surface area contributed by atoms with Gasteiger partial charge >= 0.3 is 5.97 Å². The molecule has 3 N–H and O–H groups in total. The number of hydrogen-bond donors (Lipinski definition) is 3. The van der Waals surface area contributed by atoms with E-state index in [4.69, 9.17) is 4.74 Å². The summed E-state index contributed by atoms with van der Waals surface area (Å²) in [4.78, 5) is 24.5. The van der Waals surface area contributed by atoms with Crippen LogP contribution in [0.25, 0.3) is 0 Å². The number of esters is 1. The maximum atomic E-state index is 12.5. The van der Waals surface area contributed by atoms with Crippen molar-refractivity contribution in [1.82, 2.24) is 5.32 Å². The Morgan fingerprint density at radius 1 is 0.370 bits per heavy atom. The predicted molar refractivity (Wildman–Crippen MR) is 320 cm³/mol. The molecule has 0 saturated carbocycles. The Hall–Kier alpha value is -1.66. The van der Waals surface area contributed by atoms with Crippen LogP contribution in [0.3, 0.4) is 0 Å². The van der Waals surface area contributed by atoms with Crippen LogP contribution in [0.5, 0.6) is 0 Å². The van der Waals surface area contributed by atoms with E-state index in [1.165, 1.54) is 289 Å². The van der Waals surface area contributed by atoms with Gasteiger partial charge in [-0.1, -0.05) is 301 Å². The number of ether oxygens (including phenoxy) is 1. The zero-order chi connectivity index (χ0) is 52.9. The van der Waals surface area contributed by atoms with Crippen LogP contribution in [0.1, 0.15) is 367 Å². The van der Waals surface area contributed by atoms with E-state index in [0.29, 0.717) is 25.9 Å². The van der Waals surface area contributed by atoms with Crippen LogP contribution in [0.15, 0.2) is 24.3 Å². The van der Waals surface area contributed by atoms with E-state index in [9.17, 15) is 19.8 Å². The van der Waals surface area contributed by atoms with Gasteiger partial charge in [0.15, 0.2) is 0 Å². The van der Waals surface area contributed by atoms with Crippen LogP contribution in [0.4, 0.5) is 0 Å². The molecule has 6 nitrogen and oxygen atoms in total. The smallest absolute Gasteiger partial charge is 0.305 e. The van der Waals surface area contributed by atoms with E-state index in [-0.39, 0.29) is 18.5 Å². The number of nitrogens with one attached hydrogen (secondary N) is 1. The van der Waals surface area contributed by atoms with Crippen molar-refractivity contribution in [3.05, 3.63) is 24.3 Å². The van der Waals surface area contributed by atoms with Crippen LogP contribution >= 0.6 is 0 Å². The average molecular weight is 1030 g/mol. The van der Waals surface area contributed by atoms with Crippen LogP contribution in [-0.2, 0) is 14.3 Å². The highest BCUT2D eigenvalue weighted by Gasteiger charge is 2.20. The Labute approximate surface area is 456 Å². The van der Waals surface area contributed by atoms with Gasteiger partial charge in [0.2, 0.25) is 5.91 Å². The predicted octanol–water partition coefficient (Wildman–Crippen LogP) is 21.0. The lowest BCUT2D eigenvalue weighted by Crippen LogP contribution is -2.45. The van der Waals surface area contributed by atoms with Gasteiger partial charge in [0.05, 0.1) is 25.4 Å². The van der Waals surface area contributed by atoms with Crippen molar-refractivity contribution >= 4 is 11.9 Å². The fraction of sp³-hybridized carbons (Fsp3) is 0.910. The lowest BCUT2D eigenvalue weighted by atomic mass is 10.0. The highest BCUT2D eigenvalue weighted by Crippen LogP contribution is 2.18. The van der Waals surface area contributed by atoms with Gasteiger partial charge < -0.3 is 20.3 Å². The second-order valence-corrected chi connectivity index (χ2v) is 22.8. The van der Waals surface area contributed by atoms with Crippen molar-refractivity contribution in [3.63, 3.8) is 0 Å². The first-order valence-corrected chi connectivity index (χ1v) is 33.1. The maximum Gasteiger partial charge on any atom is 0.305 e. The standard InChI is InChI=1S/C67H129NO5/c1-3-5-7-9-11-13-15-17-18-19-20-21-24-27-30-33-36-39-43-47-51-55-59-65(70)64(63-69)68-66(71)60-56-52-48-44-40-37-34-31-28-25-22-23-26-29-32-35-38-42-46-50-54-58-62-73-67(72)61-57-53-49-45-41-16-14-12-10-8-6-4-2/h12,14,25,28,64-65,69-70H,3-11,13,15-24,26-27,29-63H2,1-2H3,(H,68,71)/b14-12-,28-25-. The average Bonchev–Trinajstić information content (AvgIpc) is 3.39. The summed E-state index contributed by atoms with van der Waals surface area (Å²) < 4.78 is 5.47. The van der Waals surface area contributed by atoms with Gasteiger partial charge in [-0.05, 0) is 77.0 Å². The molecule has 0 radical (unpaired) electrons. The van der Waals surface area contributed by atoms with Crippen LogP contribution in [0, 0.1) is 0 Å². The lowest BCUT2D eigenvalue weighted by molar-refractivity contribution is -0.143. The molecule has 0 fully saturated rings. The van der Waals surface area contributed by atoms with E-state index in [1.54, 1.807) is 0 Å². The Bertz CT molecular complexity index is 1140. The third kappa shape index (κ3) is 59.4. The van der Waals surface area contributed by atoms with E-state index in [1.807, 2.05) is 0 Å². The molecule has 0 aromatic heterocycles. The van der Waals surface area contributed by atoms with Crippen molar-refractivity contribution < 1.29 is 24.5 Å². The van der Waals surface area contributed by atoms with Crippen LogP contribution in [-0.4, -0.2) is 47.4 Å². The highest BCUT2D eigenvalue weighted by molar-refractivity contribution is 5.76. The molecular formula is C67H129NO5. The zero-order valence-electron chi connectivity index (χ0n) is 49.4. The van der Waals surface area contributed by atoms with Gasteiger partial charge in [0, 0.05) is 12.8 Å². The van der Waals surface area contributed by atoms with Gasteiger partial charge in [0.1, 0.15) is 0 Å². The molecule has 0 bridgehead atoms. The summed E-state index contributed by atoms with van der Waals surface area (Å²) in [6.45, 7) is 4.95. The minimum atomic E-state index is -0.670. The molecule has 0 saturated heterocycles. The third-order valence-electron chi connectivity index (χ3n) is 15.5. The van der Waals surface area contributed by atoms with Crippen LogP contribution in [0.2, 0.25) is 0 Å². The summed E-state index contributed by atoms with van der Waals surface area (Å²) in [5, 5.41) is 23.4. The molecule has 0 aromatic rings. The first-order chi connectivity index (χ1) is 36.0. The minimum absolute atomic E-state index is 0.000498. The Morgan fingerprint density at radius 2 is 0.644 bits per heavy atom. The molecular weight excluding hydrogens is 899 g/mol. The fourth-order valence-electron chi connectivity index (χ4n) is 10.4. The largest absolute Gasteiger partial charge is 0.466 e. The van der Waals surface area contributed by atoms with Gasteiger partial charge in [-0.15, -0.1) is 0 Å². The molecule has 73 heavy (non-hydrogen) atoms. The molecule has 0 heterocycles. The molecule has 2 atom stereocenters. The molecule has 432 valence electrons. The van der Waals surface area contributed by atoms with Crippen molar-refractivity contribution in [2.24, 2.45) is 0 Å². The van der Waals surface area contributed by atoms with Gasteiger partial charge in [-0.3, -0.25) is 9.59 Å².